The quantitative estimate of drug-likeness (QED) is 0.673. The summed E-state index contributed by atoms with van der Waals surface area (Å²) in [6.07, 6.45) is 3.64. The molecule has 1 heterocycles. The Kier molecular flexibility index (Phi) is 7.56. The predicted octanol–water partition coefficient (Wildman–Crippen LogP) is 2.43. The van der Waals surface area contributed by atoms with E-state index in [-0.39, 0.29) is 0 Å². The van der Waals surface area contributed by atoms with E-state index in [1.807, 2.05) is 0 Å². The van der Waals surface area contributed by atoms with E-state index in [0.717, 1.165) is 39.1 Å². The fraction of sp³-hybridized carbons (Fsp3) is 0.867. The smallest absolute Gasteiger partial charge is 0.0858 e. The Hall–Kier alpha value is -0.380. The molecule has 106 valence electrons. The number of likely N-dealkylation sites (N-methyl/N-ethyl adjacent to an activating group) is 1. The van der Waals surface area contributed by atoms with Crippen molar-refractivity contribution in [3.8, 4) is 0 Å². The first-order valence-corrected chi connectivity index (χ1v) is 7.45. The zero-order valence-electron chi connectivity index (χ0n) is 12.4. The van der Waals surface area contributed by atoms with Crippen molar-refractivity contribution >= 4 is 0 Å². The van der Waals surface area contributed by atoms with Gasteiger partial charge in [0.15, 0.2) is 0 Å². The van der Waals surface area contributed by atoms with Crippen molar-refractivity contribution in [3.05, 3.63) is 12.2 Å². The molecule has 3 nitrogen and oxygen atoms in total. The molecule has 0 saturated carbocycles. The van der Waals surface area contributed by atoms with Gasteiger partial charge in [-0.2, -0.15) is 0 Å². The molecule has 0 aromatic carbocycles. The third kappa shape index (κ3) is 5.09. The molecule has 18 heavy (non-hydrogen) atoms. The summed E-state index contributed by atoms with van der Waals surface area (Å²) in [6, 6.07) is 0.419. The number of nitrogens with zero attached hydrogens (tertiary/aromatic N) is 1. The largest absolute Gasteiger partial charge is 0.374 e. The lowest BCUT2D eigenvalue weighted by Gasteiger charge is -2.37. The molecule has 1 fully saturated rings. The van der Waals surface area contributed by atoms with Crippen molar-refractivity contribution in [1.29, 1.82) is 0 Å². The number of rotatable bonds is 8. The van der Waals surface area contributed by atoms with Crippen LogP contribution in [-0.4, -0.2) is 49.8 Å². The summed E-state index contributed by atoms with van der Waals surface area (Å²) in [7, 11) is 0. The van der Waals surface area contributed by atoms with Crippen LogP contribution < -0.4 is 5.32 Å². The van der Waals surface area contributed by atoms with Gasteiger partial charge in [0.05, 0.1) is 12.7 Å². The van der Waals surface area contributed by atoms with Crippen LogP contribution in [0.5, 0.6) is 0 Å². The van der Waals surface area contributed by atoms with Gasteiger partial charge in [0.25, 0.3) is 0 Å². The maximum Gasteiger partial charge on any atom is 0.0858 e. The van der Waals surface area contributed by atoms with Gasteiger partial charge in [-0.25, -0.2) is 0 Å². The van der Waals surface area contributed by atoms with Crippen molar-refractivity contribution in [2.24, 2.45) is 0 Å². The van der Waals surface area contributed by atoms with Gasteiger partial charge in [-0.15, -0.1) is 0 Å². The molecule has 1 N–H and O–H groups in total. The maximum absolute atomic E-state index is 5.97. The highest BCUT2D eigenvalue weighted by Gasteiger charge is 2.27. The van der Waals surface area contributed by atoms with Gasteiger partial charge < -0.3 is 10.1 Å². The van der Waals surface area contributed by atoms with Crippen molar-refractivity contribution in [3.63, 3.8) is 0 Å². The molecule has 1 saturated heterocycles. The molecule has 1 aliphatic heterocycles. The van der Waals surface area contributed by atoms with E-state index in [1.165, 1.54) is 18.5 Å². The predicted molar refractivity (Wildman–Crippen MR) is 78.0 cm³/mol. The molecule has 1 aliphatic rings. The van der Waals surface area contributed by atoms with Gasteiger partial charge >= 0.3 is 0 Å². The number of ether oxygens (including phenoxy) is 1. The molecule has 0 aliphatic carbocycles. The van der Waals surface area contributed by atoms with E-state index < -0.39 is 0 Å². The lowest BCUT2D eigenvalue weighted by molar-refractivity contribution is -0.0460. The van der Waals surface area contributed by atoms with Crippen LogP contribution in [0.2, 0.25) is 0 Å². The van der Waals surface area contributed by atoms with Crippen molar-refractivity contribution in [2.75, 3.05) is 32.8 Å². The maximum atomic E-state index is 5.97. The van der Waals surface area contributed by atoms with Gasteiger partial charge in [-0.1, -0.05) is 32.9 Å². The van der Waals surface area contributed by atoms with Gasteiger partial charge in [-0.3, -0.25) is 4.90 Å². The molecule has 0 bridgehead atoms. The standard InChI is InChI=1S/C15H30N2O/c1-5-8-17-9-10-18-15(12-17)14(16-7-3)11-13(4)6-2/h14-16H,4-12H2,1-3H3. The summed E-state index contributed by atoms with van der Waals surface area (Å²) in [6.45, 7) is 15.9. The van der Waals surface area contributed by atoms with Crippen molar-refractivity contribution in [1.82, 2.24) is 10.2 Å². The summed E-state index contributed by atoms with van der Waals surface area (Å²) in [5, 5.41) is 3.57. The number of hydrogen-bond acceptors (Lipinski definition) is 3. The highest BCUT2D eigenvalue weighted by molar-refractivity contribution is 4.99. The summed E-state index contributed by atoms with van der Waals surface area (Å²) >= 11 is 0. The molecule has 0 radical (unpaired) electrons. The van der Waals surface area contributed by atoms with Gasteiger partial charge in [0, 0.05) is 19.1 Å². The second kappa shape index (κ2) is 8.68. The van der Waals surface area contributed by atoms with E-state index >= 15 is 0 Å². The van der Waals surface area contributed by atoms with Gasteiger partial charge in [0.2, 0.25) is 0 Å². The van der Waals surface area contributed by atoms with Crippen LogP contribution in [0, 0.1) is 0 Å². The van der Waals surface area contributed by atoms with E-state index in [0.29, 0.717) is 12.1 Å². The summed E-state index contributed by atoms with van der Waals surface area (Å²) in [4.78, 5) is 2.52. The number of hydrogen-bond donors (Lipinski definition) is 1. The minimum absolute atomic E-state index is 0.313. The highest BCUT2D eigenvalue weighted by Crippen LogP contribution is 2.16. The zero-order valence-corrected chi connectivity index (χ0v) is 12.4. The normalized spacial score (nSPS) is 22.9. The fourth-order valence-corrected chi connectivity index (χ4v) is 2.55. The van der Waals surface area contributed by atoms with E-state index in [4.69, 9.17) is 4.74 Å². The van der Waals surface area contributed by atoms with Crippen LogP contribution in [0.15, 0.2) is 12.2 Å². The van der Waals surface area contributed by atoms with E-state index in [9.17, 15) is 0 Å². The Bertz CT molecular complexity index is 241. The van der Waals surface area contributed by atoms with Crippen LogP contribution in [0.25, 0.3) is 0 Å². The Labute approximate surface area is 113 Å². The molecule has 0 spiro atoms. The first-order chi connectivity index (χ1) is 8.71. The SMILES string of the molecule is C=C(CC)CC(NCC)C1CN(CCC)CCO1. The molecule has 0 aromatic heterocycles. The Morgan fingerprint density at radius 2 is 2.22 bits per heavy atom. The third-order valence-electron chi connectivity index (χ3n) is 3.64. The Morgan fingerprint density at radius 1 is 1.44 bits per heavy atom. The zero-order chi connectivity index (χ0) is 13.4. The van der Waals surface area contributed by atoms with Crippen molar-refractivity contribution in [2.45, 2.75) is 52.2 Å². The third-order valence-corrected chi connectivity index (χ3v) is 3.64. The molecular weight excluding hydrogens is 224 g/mol. The summed E-state index contributed by atoms with van der Waals surface area (Å²) in [5.74, 6) is 0. The molecule has 1 rings (SSSR count). The lowest BCUT2D eigenvalue weighted by Crippen LogP contribution is -2.52. The van der Waals surface area contributed by atoms with Crippen LogP contribution in [0.3, 0.4) is 0 Å². The first-order valence-electron chi connectivity index (χ1n) is 7.45. The average molecular weight is 254 g/mol. The highest BCUT2D eigenvalue weighted by atomic mass is 16.5. The number of morpholine rings is 1. The molecular formula is C15H30N2O. The average Bonchev–Trinajstić information content (AvgIpc) is 2.39. The molecule has 0 aromatic rings. The van der Waals surface area contributed by atoms with E-state index in [2.05, 4.69) is 37.6 Å². The Balaban J connectivity index is 2.52. The summed E-state index contributed by atoms with van der Waals surface area (Å²) in [5.41, 5.74) is 1.32. The molecule has 3 heteroatoms. The molecule has 0 amide bonds. The van der Waals surface area contributed by atoms with Crippen molar-refractivity contribution < 1.29 is 4.74 Å². The fourth-order valence-electron chi connectivity index (χ4n) is 2.55. The first kappa shape index (κ1) is 15.7. The van der Waals surface area contributed by atoms with Crippen LogP contribution in [0.4, 0.5) is 0 Å². The minimum Gasteiger partial charge on any atom is -0.374 e. The lowest BCUT2D eigenvalue weighted by atomic mass is 9.99. The Morgan fingerprint density at radius 3 is 2.83 bits per heavy atom. The monoisotopic (exact) mass is 254 g/mol. The molecule has 2 atom stereocenters. The summed E-state index contributed by atoms with van der Waals surface area (Å²) < 4.78 is 5.97. The van der Waals surface area contributed by atoms with Gasteiger partial charge in [0.1, 0.15) is 0 Å². The second-order valence-corrected chi connectivity index (χ2v) is 5.18. The second-order valence-electron chi connectivity index (χ2n) is 5.18. The topological polar surface area (TPSA) is 24.5 Å². The van der Waals surface area contributed by atoms with Crippen LogP contribution in [0.1, 0.15) is 40.0 Å². The van der Waals surface area contributed by atoms with E-state index in [1.54, 1.807) is 0 Å². The minimum atomic E-state index is 0.313. The van der Waals surface area contributed by atoms with Crippen LogP contribution in [-0.2, 0) is 4.74 Å². The number of nitrogens with one attached hydrogen (secondary N) is 1. The van der Waals surface area contributed by atoms with Gasteiger partial charge in [-0.05, 0) is 32.4 Å². The molecule has 2 unspecified atom stereocenters. The van der Waals surface area contributed by atoms with Crippen LogP contribution >= 0.6 is 0 Å².